The number of halogens is 1. The van der Waals surface area contributed by atoms with Crippen LogP contribution in [0.5, 0.6) is 0 Å². The summed E-state index contributed by atoms with van der Waals surface area (Å²) in [6, 6.07) is 7.51. The Morgan fingerprint density at radius 1 is 1.25 bits per heavy atom. The van der Waals surface area contributed by atoms with Crippen molar-refractivity contribution in [2.45, 2.75) is 12.8 Å². The number of benzene rings is 1. The summed E-state index contributed by atoms with van der Waals surface area (Å²) >= 11 is 5.99. The van der Waals surface area contributed by atoms with Crippen molar-refractivity contribution in [1.29, 1.82) is 0 Å². The molecule has 1 heterocycles. The lowest BCUT2D eigenvalue weighted by Crippen LogP contribution is -2.25. The smallest absolute Gasteiger partial charge is 0.246 e. The number of carbonyl (C=O) groups is 1. The molecule has 1 aromatic carbocycles. The molecule has 0 atom stereocenters. The highest BCUT2D eigenvalue weighted by molar-refractivity contribution is 6.32. The summed E-state index contributed by atoms with van der Waals surface area (Å²) < 4.78 is 0. The number of amides is 1. The number of hydrogen-bond donors (Lipinski definition) is 0. The van der Waals surface area contributed by atoms with Crippen molar-refractivity contribution in [3.05, 3.63) is 40.9 Å². The van der Waals surface area contributed by atoms with Crippen LogP contribution in [-0.4, -0.2) is 23.9 Å². The van der Waals surface area contributed by atoms with E-state index < -0.39 is 0 Å². The normalized spacial score (nSPS) is 15.9. The predicted octanol–water partition coefficient (Wildman–Crippen LogP) is 2.98. The van der Waals surface area contributed by atoms with Gasteiger partial charge in [-0.15, -0.1) is 0 Å². The van der Waals surface area contributed by atoms with E-state index in [1.165, 1.54) is 0 Å². The zero-order valence-corrected chi connectivity index (χ0v) is 9.78. The van der Waals surface area contributed by atoms with E-state index in [9.17, 15) is 4.79 Å². The highest BCUT2D eigenvalue weighted by Gasteiger charge is 2.14. The second-order valence-electron chi connectivity index (χ2n) is 3.89. The van der Waals surface area contributed by atoms with Crippen molar-refractivity contribution < 1.29 is 4.79 Å². The molecule has 2 nitrogen and oxygen atoms in total. The van der Waals surface area contributed by atoms with Crippen LogP contribution in [0.25, 0.3) is 6.08 Å². The fourth-order valence-corrected chi connectivity index (χ4v) is 2.01. The van der Waals surface area contributed by atoms with Gasteiger partial charge in [-0.2, -0.15) is 0 Å². The standard InChI is InChI=1S/C13H14ClNO/c14-12-6-2-1-5-11(12)7-8-13(16)15-9-3-4-10-15/h1-2,5-8H,3-4,9-10H2/b8-7-. The summed E-state index contributed by atoms with van der Waals surface area (Å²) in [7, 11) is 0. The van der Waals surface area contributed by atoms with Gasteiger partial charge in [0.05, 0.1) is 0 Å². The average molecular weight is 236 g/mol. The Hall–Kier alpha value is -1.28. The quantitative estimate of drug-likeness (QED) is 0.722. The molecule has 0 saturated carbocycles. The molecule has 0 aliphatic carbocycles. The first-order valence-corrected chi connectivity index (χ1v) is 5.87. The fourth-order valence-electron chi connectivity index (χ4n) is 1.81. The Balaban J connectivity index is 2.03. The van der Waals surface area contributed by atoms with Crippen LogP contribution in [0.15, 0.2) is 30.3 Å². The first-order chi connectivity index (χ1) is 7.77. The topological polar surface area (TPSA) is 20.3 Å². The minimum Gasteiger partial charge on any atom is -0.339 e. The van der Waals surface area contributed by atoms with Gasteiger partial charge in [-0.05, 0) is 30.5 Å². The summed E-state index contributed by atoms with van der Waals surface area (Å²) in [5, 5.41) is 0.674. The van der Waals surface area contributed by atoms with Crippen LogP contribution < -0.4 is 0 Å². The molecule has 0 unspecified atom stereocenters. The van der Waals surface area contributed by atoms with Crippen molar-refractivity contribution >= 4 is 23.6 Å². The Kier molecular flexibility index (Phi) is 3.62. The van der Waals surface area contributed by atoms with Crippen LogP contribution in [0.1, 0.15) is 18.4 Å². The largest absolute Gasteiger partial charge is 0.339 e. The summed E-state index contributed by atoms with van der Waals surface area (Å²) in [6.07, 6.45) is 5.62. The molecule has 0 aromatic heterocycles. The van der Waals surface area contributed by atoms with E-state index in [0.29, 0.717) is 5.02 Å². The fraction of sp³-hybridized carbons (Fsp3) is 0.308. The lowest BCUT2D eigenvalue weighted by molar-refractivity contribution is -0.124. The van der Waals surface area contributed by atoms with Crippen molar-refractivity contribution in [2.24, 2.45) is 0 Å². The molecule has 0 spiro atoms. The first kappa shape index (κ1) is 11.2. The van der Waals surface area contributed by atoms with Crippen molar-refractivity contribution in [1.82, 2.24) is 4.90 Å². The molecule has 84 valence electrons. The molecule has 0 N–H and O–H groups in total. The van der Waals surface area contributed by atoms with E-state index in [-0.39, 0.29) is 5.91 Å². The highest BCUT2D eigenvalue weighted by atomic mass is 35.5. The molecule has 1 amide bonds. The third-order valence-electron chi connectivity index (χ3n) is 2.73. The van der Waals surface area contributed by atoms with E-state index in [2.05, 4.69) is 0 Å². The maximum atomic E-state index is 11.7. The zero-order valence-electron chi connectivity index (χ0n) is 9.03. The molecule has 2 rings (SSSR count). The lowest BCUT2D eigenvalue weighted by atomic mass is 10.2. The molecule has 0 radical (unpaired) electrons. The zero-order chi connectivity index (χ0) is 11.4. The van der Waals surface area contributed by atoms with Gasteiger partial charge in [0.15, 0.2) is 0 Å². The molecule has 1 aliphatic rings. The molecule has 0 bridgehead atoms. The van der Waals surface area contributed by atoms with Gasteiger partial charge >= 0.3 is 0 Å². The van der Waals surface area contributed by atoms with Gasteiger partial charge in [0.25, 0.3) is 0 Å². The third kappa shape index (κ3) is 2.64. The Bertz CT molecular complexity index is 408. The second kappa shape index (κ2) is 5.17. The summed E-state index contributed by atoms with van der Waals surface area (Å²) in [5.41, 5.74) is 0.886. The molecular formula is C13H14ClNO. The van der Waals surface area contributed by atoms with Gasteiger partial charge in [-0.1, -0.05) is 29.8 Å². The van der Waals surface area contributed by atoms with E-state index in [1.54, 1.807) is 12.2 Å². The van der Waals surface area contributed by atoms with Crippen LogP contribution in [0.2, 0.25) is 5.02 Å². The van der Waals surface area contributed by atoms with Crippen LogP contribution in [0, 0.1) is 0 Å². The first-order valence-electron chi connectivity index (χ1n) is 5.49. The average Bonchev–Trinajstić information content (AvgIpc) is 2.81. The predicted molar refractivity (Wildman–Crippen MR) is 66.3 cm³/mol. The molecule has 3 heteroatoms. The number of likely N-dealkylation sites (tertiary alicyclic amines) is 1. The van der Waals surface area contributed by atoms with Crippen molar-refractivity contribution in [3.8, 4) is 0 Å². The molecular weight excluding hydrogens is 222 g/mol. The minimum absolute atomic E-state index is 0.0809. The molecule has 16 heavy (non-hydrogen) atoms. The second-order valence-corrected chi connectivity index (χ2v) is 4.29. The van der Waals surface area contributed by atoms with Crippen LogP contribution >= 0.6 is 11.6 Å². The van der Waals surface area contributed by atoms with Crippen LogP contribution in [0.3, 0.4) is 0 Å². The van der Waals surface area contributed by atoms with Crippen LogP contribution in [0.4, 0.5) is 0 Å². The lowest BCUT2D eigenvalue weighted by Gasteiger charge is -2.11. The van der Waals surface area contributed by atoms with E-state index in [4.69, 9.17) is 11.6 Å². The van der Waals surface area contributed by atoms with E-state index >= 15 is 0 Å². The van der Waals surface area contributed by atoms with Crippen molar-refractivity contribution in [3.63, 3.8) is 0 Å². The van der Waals surface area contributed by atoms with Crippen molar-refractivity contribution in [2.75, 3.05) is 13.1 Å². The number of rotatable bonds is 2. The summed E-state index contributed by atoms with van der Waals surface area (Å²) in [5.74, 6) is 0.0809. The molecule has 1 aliphatic heterocycles. The molecule has 1 aromatic rings. The SMILES string of the molecule is O=C(/C=C\c1ccccc1Cl)N1CCCC1. The number of carbonyl (C=O) groups excluding carboxylic acids is 1. The van der Waals surface area contributed by atoms with Gasteiger partial charge < -0.3 is 4.90 Å². The maximum absolute atomic E-state index is 11.7. The Morgan fingerprint density at radius 2 is 1.94 bits per heavy atom. The number of nitrogens with zero attached hydrogens (tertiary/aromatic N) is 1. The summed E-state index contributed by atoms with van der Waals surface area (Å²) in [4.78, 5) is 13.6. The van der Waals surface area contributed by atoms with Gasteiger partial charge in [0, 0.05) is 24.2 Å². The van der Waals surface area contributed by atoms with Crippen LogP contribution in [-0.2, 0) is 4.79 Å². The summed E-state index contributed by atoms with van der Waals surface area (Å²) in [6.45, 7) is 1.76. The third-order valence-corrected chi connectivity index (χ3v) is 3.07. The van der Waals surface area contributed by atoms with Gasteiger partial charge in [-0.3, -0.25) is 4.79 Å². The van der Waals surface area contributed by atoms with Gasteiger partial charge in [0.2, 0.25) is 5.91 Å². The van der Waals surface area contributed by atoms with Gasteiger partial charge in [0.1, 0.15) is 0 Å². The molecule has 1 saturated heterocycles. The van der Waals surface area contributed by atoms with E-state index in [1.807, 2.05) is 29.2 Å². The Labute approximate surface area is 101 Å². The van der Waals surface area contributed by atoms with E-state index in [0.717, 1.165) is 31.5 Å². The monoisotopic (exact) mass is 235 g/mol. The number of hydrogen-bond acceptors (Lipinski definition) is 1. The van der Waals surface area contributed by atoms with Gasteiger partial charge in [-0.25, -0.2) is 0 Å². The minimum atomic E-state index is 0.0809. The highest BCUT2D eigenvalue weighted by Crippen LogP contribution is 2.16. The molecule has 1 fully saturated rings. The maximum Gasteiger partial charge on any atom is 0.246 e. The Morgan fingerprint density at radius 3 is 2.62 bits per heavy atom.